The second-order valence-electron chi connectivity index (χ2n) is 3.30. The molecular formula is C10H14FN2+. The molecule has 2 rings (SSSR count). The van der Waals surface area contributed by atoms with Gasteiger partial charge in [0.15, 0.2) is 0 Å². The van der Waals surface area contributed by atoms with Crippen LogP contribution in [0, 0.1) is 5.82 Å². The van der Waals surface area contributed by atoms with Gasteiger partial charge in [0.2, 0.25) is 0 Å². The molecule has 1 aliphatic heterocycles. The van der Waals surface area contributed by atoms with Crippen LogP contribution in [0.1, 0.15) is 0 Å². The maximum absolute atomic E-state index is 13.3. The molecule has 0 amide bonds. The first-order chi connectivity index (χ1) is 6.38. The van der Waals surface area contributed by atoms with E-state index in [0.717, 1.165) is 31.9 Å². The van der Waals surface area contributed by atoms with Crippen molar-refractivity contribution in [2.75, 3.05) is 31.1 Å². The van der Waals surface area contributed by atoms with E-state index in [9.17, 15) is 4.39 Å². The van der Waals surface area contributed by atoms with Gasteiger partial charge in [-0.05, 0) is 12.1 Å². The first-order valence-electron chi connectivity index (χ1n) is 4.69. The predicted molar refractivity (Wildman–Crippen MR) is 50.3 cm³/mol. The molecule has 0 aliphatic carbocycles. The van der Waals surface area contributed by atoms with Crippen molar-refractivity contribution in [1.29, 1.82) is 0 Å². The van der Waals surface area contributed by atoms with E-state index in [1.165, 1.54) is 6.07 Å². The maximum atomic E-state index is 13.3. The lowest BCUT2D eigenvalue weighted by atomic mass is 10.2. The molecule has 1 fully saturated rings. The van der Waals surface area contributed by atoms with E-state index < -0.39 is 0 Å². The molecule has 1 heterocycles. The Kier molecular flexibility index (Phi) is 2.45. The molecule has 0 spiro atoms. The molecule has 0 atom stereocenters. The average molecular weight is 181 g/mol. The molecule has 3 heteroatoms. The van der Waals surface area contributed by atoms with Crippen molar-refractivity contribution in [3.05, 3.63) is 30.1 Å². The van der Waals surface area contributed by atoms with Crippen LogP contribution in [0.2, 0.25) is 0 Å². The SMILES string of the molecule is Fc1ccccc1N1CC[NH2+]CC1. The van der Waals surface area contributed by atoms with Gasteiger partial charge in [0.05, 0.1) is 31.9 Å². The average Bonchev–Trinajstić information content (AvgIpc) is 2.20. The summed E-state index contributed by atoms with van der Waals surface area (Å²) in [6.07, 6.45) is 0. The molecule has 1 aromatic rings. The topological polar surface area (TPSA) is 19.9 Å². The van der Waals surface area contributed by atoms with Crippen LogP contribution in [0.3, 0.4) is 0 Å². The second kappa shape index (κ2) is 3.75. The van der Waals surface area contributed by atoms with E-state index >= 15 is 0 Å². The van der Waals surface area contributed by atoms with E-state index in [-0.39, 0.29) is 5.82 Å². The summed E-state index contributed by atoms with van der Waals surface area (Å²) >= 11 is 0. The monoisotopic (exact) mass is 181 g/mol. The number of rotatable bonds is 1. The number of hydrogen-bond donors (Lipinski definition) is 1. The highest BCUT2D eigenvalue weighted by molar-refractivity contribution is 5.47. The van der Waals surface area contributed by atoms with Gasteiger partial charge in [-0.3, -0.25) is 0 Å². The maximum Gasteiger partial charge on any atom is 0.146 e. The number of anilines is 1. The summed E-state index contributed by atoms with van der Waals surface area (Å²) in [4.78, 5) is 2.11. The summed E-state index contributed by atoms with van der Waals surface area (Å²) in [5.41, 5.74) is 0.746. The molecule has 2 nitrogen and oxygen atoms in total. The van der Waals surface area contributed by atoms with Gasteiger partial charge in [-0.15, -0.1) is 0 Å². The van der Waals surface area contributed by atoms with Crippen molar-refractivity contribution in [1.82, 2.24) is 0 Å². The van der Waals surface area contributed by atoms with Gasteiger partial charge in [0.25, 0.3) is 0 Å². The van der Waals surface area contributed by atoms with Gasteiger partial charge in [-0.25, -0.2) is 4.39 Å². The van der Waals surface area contributed by atoms with Crippen LogP contribution in [0.5, 0.6) is 0 Å². The van der Waals surface area contributed by atoms with E-state index in [2.05, 4.69) is 10.2 Å². The second-order valence-corrected chi connectivity index (χ2v) is 3.30. The van der Waals surface area contributed by atoms with Crippen molar-refractivity contribution < 1.29 is 9.71 Å². The highest BCUT2D eigenvalue weighted by atomic mass is 19.1. The number of para-hydroxylation sites is 1. The standard InChI is InChI=1S/C10H13FN2/c11-9-3-1-2-4-10(9)13-7-5-12-6-8-13/h1-4,12H,5-8H2/p+1. The molecule has 70 valence electrons. The fourth-order valence-corrected chi connectivity index (χ4v) is 1.70. The van der Waals surface area contributed by atoms with E-state index in [1.54, 1.807) is 6.07 Å². The van der Waals surface area contributed by atoms with Crippen LogP contribution < -0.4 is 10.2 Å². The zero-order chi connectivity index (χ0) is 9.10. The normalized spacial score (nSPS) is 17.5. The molecule has 1 aromatic carbocycles. The van der Waals surface area contributed by atoms with E-state index in [0.29, 0.717) is 0 Å². The summed E-state index contributed by atoms with van der Waals surface area (Å²) in [5, 5.41) is 2.26. The van der Waals surface area contributed by atoms with Crippen molar-refractivity contribution in [3.63, 3.8) is 0 Å². The van der Waals surface area contributed by atoms with E-state index in [4.69, 9.17) is 0 Å². The lowest BCUT2D eigenvalue weighted by Gasteiger charge is -2.27. The van der Waals surface area contributed by atoms with Crippen molar-refractivity contribution >= 4 is 5.69 Å². The largest absolute Gasteiger partial charge is 0.358 e. The van der Waals surface area contributed by atoms with Gasteiger partial charge in [-0.1, -0.05) is 12.1 Å². The molecule has 0 saturated carbocycles. The number of hydrogen-bond acceptors (Lipinski definition) is 1. The quantitative estimate of drug-likeness (QED) is 0.656. The molecule has 13 heavy (non-hydrogen) atoms. The minimum atomic E-state index is -0.107. The first-order valence-corrected chi connectivity index (χ1v) is 4.69. The number of quaternary nitrogens is 1. The smallest absolute Gasteiger partial charge is 0.146 e. The molecule has 0 bridgehead atoms. The lowest BCUT2D eigenvalue weighted by molar-refractivity contribution is -0.655. The zero-order valence-corrected chi connectivity index (χ0v) is 7.54. The number of nitrogens with two attached hydrogens (primary N) is 1. The Morgan fingerprint density at radius 1 is 1.15 bits per heavy atom. The fourth-order valence-electron chi connectivity index (χ4n) is 1.70. The van der Waals surface area contributed by atoms with Crippen LogP contribution in [-0.2, 0) is 0 Å². The van der Waals surface area contributed by atoms with Crippen LogP contribution in [0.25, 0.3) is 0 Å². The Morgan fingerprint density at radius 2 is 1.85 bits per heavy atom. The van der Waals surface area contributed by atoms with E-state index in [1.807, 2.05) is 12.1 Å². The van der Waals surface area contributed by atoms with Crippen LogP contribution in [0.4, 0.5) is 10.1 Å². The highest BCUT2D eigenvalue weighted by Crippen LogP contribution is 2.17. The van der Waals surface area contributed by atoms with Gasteiger partial charge < -0.3 is 10.2 Å². The van der Waals surface area contributed by atoms with Gasteiger partial charge in [0.1, 0.15) is 5.82 Å². The van der Waals surface area contributed by atoms with Crippen molar-refractivity contribution in [3.8, 4) is 0 Å². The van der Waals surface area contributed by atoms with Gasteiger partial charge >= 0.3 is 0 Å². The third kappa shape index (κ3) is 1.80. The van der Waals surface area contributed by atoms with Crippen LogP contribution >= 0.6 is 0 Å². The molecule has 0 radical (unpaired) electrons. The van der Waals surface area contributed by atoms with Crippen molar-refractivity contribution in [2.45, 2.75) is 0 Å². The minimum absolute atomic E-state index is 0.107. The molecule has 1 aliphatic rings. The predicted octanol–water partition coefficient (Wildman–Crippen LogP) is 0.209. The third-order valence-corrected chi connectivity index (χ3v) is 2.40. The molecular weight excluding hydrogens is 167 g/mol. The zero-order valence-electron chi connectivity index (χ0n) is 7.54. The Balaban J connectivity index is 2.18. The van der Waals surface area contributed by atoms with Gasteiger partial charge in [-0.2, -0.15) is 0 Å². The lowest BCUT2D eigenvalue weighted by Crippen LogP contribution is -2.89. The number of nitrogens with zero attached hydrogens (tertiary/aromatic N) is 1. The molecule has 1 saturated heterocycles. The van der Waals surface area contributed by atoms with Crippen LogP contribution in [0.15, 0.2) is 24.3 Å². The number of benzene rings is 1. The Bertz CT molecular complexity index is 282. The first kappa shape index (κ1) is 8.51. The van der Waals surface area contributed by atoms with Crippen LogP contribution in [-0.4, -0.2) is 26.2 Å². The Labute approximate surface area is 77.4 Å². The summed E-state index contributed by atoms with van der Waals surface area (Å²) in [6.45, 7) is 4.02. The fraction of sp³-hybridized carbons (Fsp3) is 0.400. The summed E-state index contributed by atoms with van der Waals surface area (Å²) in [7, 11) is 0. The third-order valence-electron chi connectivity index (χ3n) is 2.40. The molecule has 2 N–H and O–H groups in total. The Morgan fingerprint density at radius 3 is 2.54 bits per heavy atom. The molecule has 0 unspecified atom stereocenters. The Hall–Kier alpha value is -1.09. The molecule has 0 aromatic heterocycles. The number of halogens is 1. The summed E-state index contributed by atoms with van der Waals surface area (Å²) < 4.78 is 13.3. The minimum Gasteiger partial charge on any atom is -0.358 e. The van der Waals surface area contributed by atoms with Crippen molar-refractivity contribution in [2.24, 2.45) is 0 Å². The number of piperazine rings is 1. The highest BCUT2D eigenvalue weighted by Gasteiger charge is 2.14. The summed E-state index contributed by atoms with van der Waals surface area (Å²) in [6, 6.07) is 6.99. The van der Waals surface area contributed by atoms with Gasteiger partial charge in [0, 0.05) is 0 Å². The summed E-state index contributed by atoms with van der Waals surface area (Å²) in [5.74, 6) is -0.107.